The summed E-state index contributed by atoms with van der Waals surface area (Å²) in [5.41, 5.74) is 1.74. The van der Waals surface area contributed by atoms with Crippen LogP contribution in [0.25, 0.3) is 0 Å². The molecule has 0 aliphatic heterocycles. The zero-order valence-corrected chi connectivity index (χ0v) is 19.9. The van der Waals surface area contributed by atoms with E-state index in [0.717, 1.165) is 0 Å². The Morgan fingerprint density at radius 2 is 1.00 bits per heavy atom. The van der Waals surface area contributed by atoms with E-state index in [1.165, 1.54) is 24.8 Å². The third-order valence-corrected chi connectivity index (χ3v) is 2.22. The topological polar surface area (TPSA) is 0 Å². The van der Waals surface area contributed by atoms with Gasteiger partial charge in [0.15, 0.2) is 0 Å². The maximum Gasteiger partial charge on any atom is -0.0173 e. The lowest BCUT2D eigenvalue weighted by molar-refractivity contribution is 0.504. The highest BCUT2D eigenvalue weighted by molar-refractivity contribution is 5.15. The van der Waals surface area contributed by atoms with Gasteiger partial charge in [-0.15, -0.1) is 0 Å². The summed E-state index contributed by atoms with van der Waals surface area (Å²) in [6, 6.07) is 0. The second-order valence-electron chi connectivity index (χ2n) is 5.33. The Morgan fingerprint density at radius 3 is 1.13 bits per heavy atom. The summed E-state index contributed by atoms with van der Waals surface area (Å²) >= 11 is 0. The van der Waals surface area contributed by atoms with Crippen molar-refractivity contribution in [1.82, 2.24) is 0 Å². The minimum atomic E-state index is 0.319. The van der Waals surface area contributed by atoms with Gasteiger partial charge in [-0.3, -0.25) is 0 Å². The molecule has 0 N–H and O–H groups in total. The molecule has 146 valence electrons. The van der Waals surface area contributed by atoms with E-state index >= 15 is 0 Å². The van der Waals surface area contributed by atoms with Gasteiger partial charge in [-0.25, -0.2) is 0 Å². The van der Waals surface area contributed by atoms with Gasteiger partial charge >= 0.3 is 0 Å². The molecular formula is C23H54. The van der Waals surface area contributed by atoms with Crippen molar-refractivity contribution in [2.75, 3.05) is 0 Å². The predicted octanol–water partition coefficient (Wildman–Crippen LogP) is 9.86. The lowest BCUT2D eigenvalue weighted by atomic mass is 9.87. The van der Waals surface area contributed by atoms with Crippen molar-refractivity contribution in [2.24, 2.45) is 5.41 Å². The summed E-state index contributed by atoms with van der Waals surface area (Å²) in [4.78, 5) is 0. The maximum atomic E-state index is 2.22. The molecule has 0 saturated carbocycles. The first-order valence-corrected chi connectivity index (χ1v) is 10.1. The first-order chi connectivity index (χ1) is 10.8. The van der Waals surface area contributed by atoms with Crippen LogP contribution in [0.4, 0.5) is 0 Å². The molecular weight excluding hydrogens is 276 g/mol. The smallest absolute Gasteiger partial charge is 0.0173 e. The third-order valence-electron chi connectivity index (χ3n) is 2.22. The standard InChI is InChI=1S/C10H18.C4H10.C3H8.3C2H6/c1-6-7-8-9(2)10(3,4)5;1-3-4-2;1-3-2;3*1-2/h6-8H,1-5H3;3-4H2,1-2H3;3H2,1-2H3;3*1-2H3/b7-6-,9-8+;;;;;. The quantitative estimate of drug-likeness (QED) is 0.442. The number of allylic oxidation sites excluding steroid dienone is 4. The second kappa shape index (κ2) is 43.0. The Morgan fingerprint density at radius 1 is 0.739 bits per heavy atom. The molecule has 0 aromatic heterocycles. The molecule has 0 spiro atoms. The number of hydrogen-bond donors (Lipinski definition) is 0. The van der Waals surface area contributed by atoms with Gasteiger partial charge < -0.3 is 0 Å². The SMILES string of the molecule is C/C=C\C=C(/C)C(C)(C)C.CC.CC.CC.CCC.CCCC. The number of rotatable bonds is 2. The van der Waals surface area contributed by atoms with E-state index < -0.39 is 0 Å². The van der Waals surface area contributed by atoms with Crippen LogP contribution in [0.2, 0.25) is 0 Å². The van der Waals surface area contributed by atoms with E-state index in [0.29, 0.717) is 5.41 Å². The largest absolute Gasteiger partial charge is 0.0877 e. The van der Waals surface area contributed by atoms with Gasteiger partial charge in [0.1, 0.15) is 0 Å². The number of unbranched alkanes of at least 4 members (excludes halogenated alkanes) is 1. The lowest BCUT2D eigenvalue weighted by Crippen LogP contribution is -2.05. The average Bonchev–Trinajstić information content (AvgIpc) is 2.58. The van der Waals surface area contributed by atoms with Crippen LogP contribution in [-0.4, -0.2) is 0 Å². The Balaban J connectivity index is -0.0000000465. The second-order valence-corrected chi connectivity index (χ2v) is 5.33. The van der Waals surface area contributed by atoms with Crippen LogP contribution in [0.3, 0.4) is 0 Å². The van der Waals surface area contributed by atoms with Gasteiger partial charge in [0.05, 0.1) is 0 Å². The zero-order chi connectivity index (χ0) is 20.3. The van der Waals surface area contributed by atoms with Gasteiger partial charge in [0.2, 0.25) is 0 Å². The fraction of sp³-hybridized carbons (Fsp3) is 0.826. The molecule has 0 unspecified atom stereocenters. The maximum absolute atomic E-state index is 2.22. The fourth-order valence-corrected chi connectivity index (χ4v) is 0.491. The van der Waals surface area contributed by atoms with E-state index in [4.69, 9.17) is 0 Å². The van der Waals surface area contributed by atoms with E-state index in [2.05, 4.69) is 73.6 Å². The monoisotopic (exact) mass is 330 g/mol. The van der Waals surface area contributed by atoms with Gasteiger partial charge in [-0.1, -0.05) is 133 Å². The fourth-order valence-electron chi connectivity index (χ4n) is 0.491. The molecule has 0 fully saturated rings. The summed E-state index contributed by atoms with van der Waals surface area (Å²) in [7, 11) is 0. The van der Waals surface area contributed by atoms with E-state index in [9.17, 15) is 0 Å². The summed E-state index contributed by atoms with van der Waals surface area (Å²) in [6.45, 7) is 31.5. The summed E-state index contributed by atoms with van der Waals surface area (Å²) in [5, 5.41) is 0. The summed E-state index contributed by atoms with van der Waals surface area (Å²) < 4.78 is 0. The minimum Gasteiger partial charge on any atom is -0.0877 e. The highest BCUT2D eigenvalue weighted by Crippen LogP contribution is 2.23. The van der Waals surface area contributed by atoms with Crippen LogP contribution in [0.1, 0.15) is 123 Å². The van der Waals surface area contributed by atoms with Crippen molar-refractivity contribution in [3.8, 4) is 0 Å². The molecule has 0 amide bonds. The molecule has 0 atom stereocenters. The molecule has 0 aliphatic carbocycles. The Labute approximate surface area is 152 Å². The molecule has 0 bridgehead atoms. The summed E-state index contributed by atoms with van der Waals surface area (Å²) in [6.07, 6.45) is 10.2. The molecule has 0 aromatic rings. The van der Waals surface area contributed by atoms with Gasteiger partial charge in [0, 0.05) is 0 Å². The number of hydrogen-bond acceptors (Lipinski definition) is 0. The zero-order valence-electron chi connectivity index (χ0n) is 19.9. The highest BCUT2D eigenvalue weighted by atomic mass is 14.2. The van der Waals surface area contributed by atoms with Crippen molar-refractivity contribution in [3.63, 3.8) is 0 Å². The van der Waals surface area contributed by atoms with E-state index in [1.54, 1.807) is 0 Å². The van der Waals surface area contributed by atoms with Crippen molar-refractivity contribution in [1.29, 1.82) is 0 Å². The molecule has 23 heavy (non-hydrogen) atoms. The van der Waals surface area contributed by atoms with Crippen molar-refractivity contribution in [2.45, 2.75) is 123 Å². The van der Waals surface area contributed by atoms with Crippen LogP contribution in [-0.2, 0) is 0 Å². The predicted molar refractivity (Wildman–Crippen MR) is 119 cm³/mol. The van der Waals surface area contributed by atoms with Crippen LogP contribution < -0.4 is 0 Å². The van der Waals surface area contributed by atoms with Crippen LogP contribution >= 0.6 is 0 Å². The van der Waals surface area contributed by atoms with Crippen molar-refractivity contribution >= 4 is 0 Å². The molecule has 0 heteroatoms. The van der Waals surface area contributed by atoms with E-state index in [-0.39, 0.29) is 0 Å². The van der Waals surface area contributed by atoms with Gasteiger partial charge in [-0.2, -0.15) is 0 Å². The van der Waals surface area contributed by atoms with Crippen LogP contribution in [0, 0.1) is 5.41 Å². The van der Waals surface area contributed by atoms with Crippen LogP contribution in [0.15, 0.2) is 23.8 Å². The molecule has 0 nitrogen and oxygen atoms in total. The van der Waals surface area contributed by atoms with E-state index in [1.807, 2.05) is 48.5 Å². The normalized spacial score (nSPS) is 9.26. The van der Waals surface area contributed by atoms with Crippen molar-refractivity contribution < 1.29 is 0 Å². The minimum absolute atomic E-state index is 0.319. The molecule has 0 heterocycles. The molecule has 0 saturated heterocycles. The highest BCUT2D eigenvalue weighted by Gasteiger charge is 2.10. The Bertz CT molecular complexity index is 175. The Kier molecular flexibility index (Phi) is 71.3. The molecule has 0 aromatic carbocycles. The first-order valence-electron chi connectivity index (χ1n) is 10.1. The van der Waals surface area contributed by atoms with Crippen LogP contribution in [0.5, 0.6) is 0 Å². The van der Waals surface area contributed by atoms with Gasteiger partial charge in [-0.05, 0) is 19.3 Å². The third kappa shape index (κ3) is 74.2. The average molecular weight is 331 g/mol. The van der Waals surface area contributed by atoms with Gasteiger partial charge in [0.25, 0.3) is 0 Å². The van der Waals surface area contributed by atoms with Crippen molar-refractivity contribution in [3.05, 3.63) is 23.8 Å². The molecule has 0 radical (unpaired) electrons. The first kappa shape index (κ1) is 38.2. The lowest BCUT2D eigenvalue weighted by Gasteiger charge is -2.18. The molecule has 0 aliphatic rings. The Hall–Kier alpha value is -0.520. The molecule has 0 rings (SSSR count). The summed E-state index contributed by atoms with van der Waals surface area (Å²) in [5.74, 6) is 0.